The molecule has 1 saturated carbocycles. The van der Waals surface area contributed by atoms with E-state index in [0.717, 1.165) is 19.3 Å². The average Bonchev–Trinajstić information content (AvgIpc) is 2.31. The van der Waals surface area contributed by atoms with Gasteiger partial charge in [0.1, 0.15) is 6.04 Å². The highest BCUT2D eigenvalue weighted by Crippen LogP contribution is 2.38. The second kappa shape index (κ2) is 5.74. The molecular weight excluding hydrogens is 265 g/mol. The SMILES string of the molecule is CN(C)C1(CNC(c2ccccc2)C(F)(F)F)CCC1. The van der Waals surface area contributed by atoms with Crippen molar-refractivity contribution in [2.24, 2.45) is 0 Å². The van der Waals surface area contributed by atoms with Crippen molar-refractivity contribution in [3.8, 4) is 0 Å². The van der Waals surface area contributed by atoms with Crippen molar-refractivity contribution < 1.29 is 13.2 Å². The molecule has 1 aliphatic carbocycles. The van der Waals surface area contributed by atoms with Crippen molar-refractivity contribution in [1.29, 1.82) is 0 Å². The topological polar surface area (TPSA) is 15.3 Å². The summed E-state index contributed by atoms with van der Waals surface area (Å²) in [5.74, 6) is 0. The molecule has 0 spiro atoms. The molecule has 1 aromatic rings. The Hall–Kier alpha value is -1.07. The third-order valence-corrected chi connectivity index (χ3v) is 4.33. The maximum absolute atomic E-state index is 13.2. The third kappa shape index (κ3) is 3.15. The number of hydrogen-bond donors (Lipinski definition) is 1. The highest BCUT2D eigenvalue weighted by molar-refractivity contribution is 5.20. The molecule has 0 amide bonds. The minimum atomic E-state index is -4.28. The summed E-state index contributed by atoms with van der Waals surface area (Å²) in [7, 11) is 3.87. The molecular formula is C15H21F3N2. The van der Waals surface area contributed by atoms with Gasteiger partial charge in [0.15, 0.2) is 0 Å². The van der Waals surface area contributed by atoms with Gasteiger partial charge in [-0.3, -0.25) is 0 Å². The van der Waals surface area contributed by atoms with Gasteiger partial charge in [0.2, 0.25) is 0 Å². The zero-order chi connectivity index (χ0) is 14.8. The predicted molar refractivity (Wildman–Crippen MR) is 73.5 cm³/mol. The number of halogens is 3. The van der Waals surface area contributed by atoms with Crippen LogP contribution < -0.4 is 5.32 Å². The van der Waals surface area contributed by atoms with Gasteiger partial charge in [0.25, 0.3) is 0 Å². The molecule has 1 N–H and O–H groups in total. The summed E-state index contributed by atoms with van der Waals surface area (Å²) >= 11 is 0. The van der Waals surface area contributed by atoms with Crippen LogP contribution in [0.3, 0.4) is 0 Å². The van der Waals surface area contributed by atoms with E-state index in [2.05, 4.69) is 5.32 Å². The maximum atomic E-state index is 13.2. The fourth-order valence-electron chi connectivity index (χ4n) is 2.73. The van der Waals surface area contributed by atoms with Gasteiger partial charge in [-0.05, 0) is 38.9 Å². The molecule has 1 fully saturated rings. The third-order valence-electron chi connectivity index (χ3n) is 4.33. The normalized spacial score (nSPS) is 19.7. The number of nitrogens with one attached hydrogen (secondary N) is 1. The summed E-state index contributed by atoms with van der Waals surface area (Å²) in [6, 6.07) is 6.45. The van der Waals surface area contributed by atoms with E-state index >= 15 is 0 Å². The second-order valence-electron chi connectivity index (χ2n) is 5.74. The van der Waals surface area contributed by atoms with E-state index < -0.39 is 12.2 Å². The van der Waals surface area contributed by atoms with E-state index in [4.69, 9.17) is 0 Å². The molecule has 1 aromatic carbocycles. The van der Waals surface area contributed by atoms with Crippen molar-refractivity contribution in [2.75, 3.05) is 20.6 Å². The molecule has 0 aliphatic heterocycles. The van der Waals surface area contributed by atoms with Crippen LogP contribution in [0.1, 0.15) is 30.9 Å². The zero-order valence-electron chi connectivity index (χ0n) is 11.9. The Morgan fingerprint density at radius 3 is 2.20 bits per heavy atom. The summed E-state index contributed by atoms with van der Waals surface area (Å²) in [4.78, 5) is 2.04. The monoisotopic (exact) mass is 286 g/mol. The van der Waals surface area contributed by atoms with Crippen molar-refractivity contribution in [2.45, 2.75) is 37.0 Å². The first kappa shape index (κ1) is 15.3. The average molecular weight is 286 g/mol. The molecule has 0 aromatic heterocycles. The number of likely N-dealkylation sites (N-methyl/N-ethyl adjacent to an activating group) is 1. The number of alkyl halides is 3. The number of rotatable bonds is 5. The van der Waals surface area contributed by atoms with Gasteiger partial charge in [-0.25, -0.2) is 0 Å². The van der Waals surface area contributed by atoms with E-state index in [9.17, 15) is 13.2 Å². The molecule has 5 heteroatoms. The van der Waals surface area contributed by atoms with Crippen molar-refractivity contribution in [1.82, 2.24) is 10.2 Å². The van der Waals surface area contributed by atoms with E-state index in [0.29, 0.717) is 6.54 Å². The summed E-state index contributed by atoms with van der Waals surface area (Å²) in [6.45, 7) is 0.360. The summed E-state index contributed by atoms with van der Waals surface area (Å²) in [6.07, 6.45) is -1.29. The van der Waals surface area contributed by atoms with E-state index in [-0.39, 0.29) is 11.1 Å². The number of nitrogens with zero attached hydrogens (tertiary/aromatic N) is 1. The molecule has 20 heavy (non-hydrogen) atoms. The van der Waals surface area contributed by atoms with Gasteiger partial charge in [-0.15, -0.1) is 0 Å². The molecule has 0 saturated heterocycles. The van der Waals surface area contributed by atoms with Crippen LogP contribution in [0.4, 0.5) is 13.2 Å². The van der Waals surface area contributed by atoms with Crippen LogP contribution >= 0.6 is 0 Å². The van der Waals surface area contributed by atoms with Gasteiger partial charge in [0.05, 0.1) is 0 Å². The number of hydrogen-bond acceptors (Lipinski definition) is 2. The Labute approximate surface area is 118 Å². The highest BCUT2D eigenvalue weighted by atomic mass is 19.4. The van der Waals surface area contributed by atoms with Crippen LogP contribution in [0, 0.1) is 0 Å². The lowest BCUT2D eigenvalue weighted by Gasteiger charge is -2.48. The molecule has 1 atom stereocenters. The quantitative estimate of drug-likeness (QED) is 0.893. The molecule has 0 bridgehead atoms. The highest BCUT2D eigenvalue weighted by Gasteiger charge is 2.44. The van der Waals surface area contributed by atoms with Gasteiger partial charge < -0.3 is 10.2 Å². The zero-order valence-corrected chi connectivity index (χ0v) is 11.9. The van der Waals surface area contributed by atoms with Crippen molar-refractivity contribution >= 4 is 0 Å². The number of benzene rings is 1. The Kier molecular flexibility index (Phi) is 4.39. The lowest BCUT2D eigenvalue weighted by molar-refractivity contribution is -0.160. The van der Waals surface area contributed by atoms with Crippen LogP contribution in [0.5, 0.6) is 0 Å². The lowest BCUT2D eigenvalue weighted by Crippen LogP contribution is -2.57. The minimum absolute atomic E-state index is 0.127. The van der Waals surface area contributed by atoms with E-state index in [1.54, 1.807) is 18.2 Å². The van der Waals surface area contributed by atoms with Crippen LogP contribution in [0.15, 0.2) is 30.3 Å². The fraction of sp³-hybridized carbons (Fsp3) is 0.600. The molecule has 1 unspecified atom stereocenters. The van der Waals surface area contributed by atoms with Gasteiger partial charge in [0, 0.05) is 12.1 Å². The van der Waals surface area contributed by atoms with Crippen molar-refractivity contribution in [3.63, 3.8) is 0 Å². The minimum Gasteiger partial charge on any atom is -0.302 e. The first-order chi connectivity index (χ1) is 9.35. The molecule has 1 aliphatic rings. The molecule has 0 radical (unpaired) electrons. The second-order valence-corrected chi connectivity index (χ2v) is 5.74. The van der Waals surface area contributed by atoms with Gasteiger partial charge in [-0.1, -0.05) is 30.3 Å². The van der Waals surface area contributed by atoms with E-state index in [1.807, 2.05) is 19.0 Å². The standard InChI is InChI=1S/C15H21F3N2/c1-20(2)14(9-6-10-14)11-19-13(15(16,17)18)12-7-4-3-5-8-12/h3-5,7-8,13,19H,6,9-11H2,1-2H3. The molecule has 0 heterocycles. The molecule has 112 valence electrons. The van der Waals surface area contributed by atoms with Gasteiger partial charge in [-0.2, -0.15) is 13.2 Å². The van der Waals surface area contributed by atoms with Gasteiger partial charge >= 0.3 is 6.18 Å². The Morgan fingerprint density at radius 2 is 1.80 bits per heavy atom. The summed E-state index contributed by atoms with van der Waals surface area (Å²) < 4.78 is 39.7. The fourth-order valence-corrected chi connectivity index (χ4v) is 2.73. The van der Waals surface area contributed by atoms with E-state index in [1.165, 1.54) is 12.1 Å². The smallest absolute Gasteiger partial charge is 0.302 e. The largest absolute Gasteiger partial charge is 0.407 e. The van der Waals surface area contributed by atoms with Crippen LogP contribution in [0.25, 0.3) is 0 Å². The predicted octanol–water partition coefficient (Wildman–Crippen LogP) is 3.36. The summed E-state index contributed by atoms with van der Waals surface area (Å²) in [5, 5.41) is 2.73. The molecule has 2 nitrogen and oxygen atoms in total. The first-order valence-corrected chi connectivity index (χ1v) is 6.88. The lowest BCUT2D eigenvalue weighted by atomic mass is 9.75. The van der Waals surface area contributed by atoms with Crippen LogP contribution in [-0.2, 0) is 0 Å². The first-order valence-electron chi connectivity index (χ1n) is 6.88. The van der Waals surface area contributed by atoms with Crippen LogP contribution in [0.2, 0.25) is 0 Å². The Bertz CT molecular complexity index is 424. The molecule has 2 rings (SSSR count). The maximum Gasteiger partial charge on any atom is 0.407 e. The van der Waals surface area contributed by atoms with Crippen molar-refractivity contribution in [3.05, 3.63) is 35.9 Å². The Balaban J connectivity index is 2.10. The summed E-state index contributed by atoms with van der Waals surface area (Å²) in [5.41, 5.74) is 0.145. The Morgan fingerprint density at radius 1 is 1.20 bits per heavy atom. The van der Waals surface area contributed by atoms with Crippen LogP contribution in [-0.4, -0.2) is 37.3 Å².